The fourth-order valence-electron chi connectivity index (χ4n) is 0.758. The van der Waals surface area contributed by atoms with E-state index < -0.39 is 23.6 Å². The summed E-state index contributed by atoms with van der Waals surface area (Å²) in [6.07, 6.45) is 0. The number of rotatable bonds is 6. The molecular formula is C9H22ClNO3SSi. The molecule has 4 nitrogen and oxygen atoms in total. The van der Waals surface area contributed by atoms with Crippen LogP contribution in [-0.4, -0.2) is 35.1 Å². The van der Waals surface area contributed by atoms with Crippen molar-refractivity contribution in [2.75, 3.05) is 18.4 Å². The Morgan fingerprint density at radius 3 is 2.19 bits per heavy atom. The molecule has 0 radical (unpaired) electrons. The third kappa shape index (κ3) is 5.63. The van der Waals surface area contributed by atoms with Gasteiger partial charge in [0.1, 0.15) is 5.21 Å². The lowest BCUT2D eigenvalue weighted by Gasteiger charge is -2.36. The van der Waals surface area contributed by atoms with Crippen molar-refractivity contribution in [3.8, 4) is 0 Å². The second-order valence-corrected chi connectivity index (χ2v) is 12.4. The van der Waals surface area contributed by atoms with Crippen LogP contribution in [0.15, 0.2) is 0 Å². The summed E-state index contributed by atoms with van der Waals surface area (Å²) in [7, 11) is -5.10. The Bertz CT molecular complexity index is 311. The summed E-state index contributed by atoms with van der Waals surface area (Å²) in [4.78, 5) is 0. The average molecular weight is 288 g/mol. The van der Waals surface area contributed by atoms with Gasteiger partial charge >= 0.3 is 0 Å². The lowest BCUT2D eigenvalue weighted by atomic mass is 10.2. The van der Waals surface area contributed by atoms with E-state index in [0.717, 1.165) is 0 Å². The summed E-state index contributed by atoms with van der Waals surface area (Å²) in [6, 6.07) is 0. The quantitative estimate of drug-likeness (QED) is 0.462. The first-order valence-corrected chi connectivity index (χ1v) is 10.3. The minimum Gasteiger partial charge on any atom is -0.415 e. The molecule has 7 heteroatoms. The van der Waals surface area contributed by atoms with E-state index in [1.807, 2.05) is 0 Å². The van der Waals surface area contributed by atoms with Gasteiger partial charge in [0.2, 0.25) is 10.0 Å². The molecule has 0 aromatic rings. The maximum absolute atomic E-state index is 11.0. The summed E-state index contributed by atoms with van der Waals surface area (Å²) in [5.74, 6) is 0. The molecule has 0 aliphatic heterocycles. The molecule has 0 unspecified atom stereocenters. The molecule has 0 aliphatic rings. The van der Waals surface area contributed by atoms with Gasteiger partial charge in [0.05, 0.1) is 0 Å². The van der Waals surface area contributed by atoms with E-state index in [-0.39, 0.29) is 11.6 Å². The van der Waals surface area contributed by atoms with E-state index in [4.69, 9.17) is 16.0 Å². The molecule has 0 atom stereocenters. The van der Waals surface area contributed by atoms with Crippen molar-refractivity contribution in [2.24, 2.45) is 0 Å². The van der Waals surface area contributed by atoms with Gasteiger partial charge in [-0.1, -0.05) is 20.8 Å². The van der Waals surface area contributed by atoms with E-state index in [1.54, 1.807) is 0 Å². The van der Waals surface area contributed by atoms with E-state index in [2.05, 4.69) is 38.6 Å². The Balaban J connectivity index is 4.02. The van der Waals surface area contributed by atoms with Crippen LogP contribution in [0.5, 0.6) is 0 Å². The van der Waals surface area contributed by atoms with Gasteiger partial charge < -0.3 is 4.43 Å². The molecule has 16 heavy (non-hydrogen) atoms. The molecule has 0 amide bonds. The zero-order chi connectivity index (χ0) is 13.0. The molecule has 0 aromatic heterocycles. The van der Waals surface area contributed by atoms with Crippen LogP contribution in [0, 0.1) is 0 Å². The number of sulfonamides is 1. The molecule has 1 N–H and O–H groups in total. The molecule has 0 rings (SSSR count). The van der Waals surface area contributed by atoms with Crippen LogP contribution in [0.2, 0.25) is 18.1 Å². The Morgan fingerprint density at radius 1 is 1.31 bits per heavy atom. The lowest BCUT2D eigenvalue weighted by molar-refractivity contribution is 0.293. The average Bonchev–Trinajstić information content (AvgIpc) is 2.11. The molecule has 0 aromatic carbocycles. The number of halogens is 1. The second-order valence-electron chi connectivity index (χ2n) is 5.23. The predicted molar refractivity (Wildman–Crippen MR) is 70.8 cm³/mol. The van der Waals surface area contributed by atoms with E-state index in [0.29, 0.717) is 6.61 Å². The molecule has 98 valence electrons. The van der Waals surface area contributed by atoms with Crippen LogP contribution in [0.25, 0.3) is 0 Å². The highest BCUT2D eigenvalue weighted by atomic mass is 35.5. The Labute approximate surface area is 105 Å². The van der Waals surface area contributed by atoms with Gasteiger partial charge in [-0.15, -0.1) is 11.6 Å². The SMILES string of the molecule is CC(C)(C)[Si](C)(C)OCCNS(=O)(=O)CCl. The Morgan fingerprint density at radius 2 is 1.81 bits per heavy atom. The van der Waals surface area contributed by atoms with Gasteiger partial charge in [0, 0.05) is 13.2 Å². The number of hydrogen-bond donors (Lipinski definition) is 1. The molecule has 0 aliphatic carbocycles. The molecule has 0 saturated carbocycles. The standard InChI is InChI=1S/C9H22ClNO3SSi/c1-9(2,3)16(4,5)14-7-6-11-15(12,13)8-10/h11H,6-8H2,1-5H3. The third-order valence-electron chi connectivity index (χ3n) is 2.84. The molecule has 0 fully saturated rings. The predicted octanol–water partition coefficient (Wildman–Crippen LogP) is 2.12. The fraction of sp³-hybridized carbons (Fsp3) is 1.00. The molecule has 0 saturated heterocycles. The van der Waals surface area contributed by atoms with Crippen LogP contribution >= 0.6 is 11.6 Å². The first-order chi connectivity index (χ1) is 7.02. The van der Waals surface area contributed by atoms with E-state index >= 15 is 0 Å². The maximum atomic E-state index is 11.0. The van der Waals surface area contributed by atoms with Gasteiger partial charge in [0.15, 0.2) is 8.32 Å². The number of nitrogens with one attached hydrogen (secondary N) is 1. The molecule has 0 heterocycles. The van der Waals surface area contributed by atoms with Crippen molar-refractivity contribution in [3.63, 3.8) is 0 Å². The minimum absolute atomic E-state index is 0.137. The normalized spacial score (nSPS) is 14.1. The van der Waals surface area contributed by atoms with Gasteiger partial charge in [-0.25, -0.2) is 13.1 Å². The summed E-state index contributed by atoms with van der Waals surface area (Å²) in [5, 5.41) is -0.272. The van der Waals surface area contributed by atoms with Gasteiger partial charge in [-0.05, 0) is 18.1 Å². The highest BCUT2D eigenvalue weighted by Crippen LogP contribution is 2.36. The summed E-state index contributed by atoms with van der Waals surface area (Å²) in [5.41, 5.74) is 0. The van der Waals surface area contributed by atoms with Gasteiger partial charge in [0.25, 0.3) is 0 Å². The van der Waals surface area contributed by atoms with Crippen molar-refractivity contribution in [2.45, 2.75) is 38.9 Å². The molecular weight excluding hydrogens is 266 g/mol. The highest BCUT2D eigenvalue weighted by Gasteiger charge is 2.36. The van der Waals surface area contributed by atoms with Crippen LogP contribution in [-0.2, 0) is 14.4 Å². The maximum Gasteiger partial charge on any atom is 0.225 e. The number of hydrogen-bond acceptors (Lipinski definition) is 3. The van der Waals surface area contributed by atoms with Gasteiger partial charge in [-0.3, -0.25) is 0 Å². The van der Waals surface area contributed by atoms with Crippen LogP contribution < -0.4 is 4.72 Å². The summed E-state index contributed by atoms with van der Waals surface area (Å²) < 4.78 is 30.2. The smallest absolute Gasteiger partial charge is 0.225 e. The van der Waals surface area contributed by atoms with Crippen LogP contribution in [0.3, 0.4) is 0 Å². The first kappa shape index (κ1) is 16.4. The topological polar surface area (TPSA) is 55.4 Å². The van der Waals surface area contributed by atoms with Crippen molar-refractivity contribution < 1.29 is 12.8 Å². The highest BCUT2D eigenvalue weighted by molar-refractivity contribution is 7.90. The van der Waals surface area contributed by atoms with Crippen LogP contribution in [0.1, 0.15) is 20.8 Å². The van der Waals surface area contributed by atoms with Crippen molar-refractivity contribution in [1.29, 1.82) is 0 Å². The molecule has 0 spiro atoms. The first-order valence-electron chi connectivity index (χ1n) is 5.19. The summed E-state index contributed by atoms with van der Waals surface area (Å²) in [6.45, 7) is 11.4. The molecule has 0 bridgehead atoms. The minimum atomic E-state index is -3.32. The van der Waals surface area contributed by atoms with Crippen molar-refractivity contribution in [1.82, 2.24) is 4.72 Å². The lowest BCUT2D eigenvalue weighted by Crippen LogP contribution is -2.42. The van der Waals surface area contributed by atoms with Crippen LogP contribution in [0.4, 0.5) is 0 Å². The fourth-order valence-corrected chi connectivity index (χ4v) is 2.51. The zero-order valence-electron chi connectivity index (χ0n) is 10.6. The summed E-state index contributed by atoms with van der Waals surface area (Å²) >= 11 is 5.25. The second kappa shape index (κ2) is 5.82. The Kier molecular flexibility index (Phi) is 5.95. The largest absolute Gasteiger partial charge is 0.415 e. The van der Waals surface area contributed by atoms with Crippen molar-refractivity contribution in [3.05, 3.63) is 0 Å². The van der Waals surface area contributed by atoms with Gasteiger partial charge in [-0.2, -0.15) is 0 Å². The monoisotopic (exact) mass is 287 g/mol. The Hall–Kier alpha value is 0.377. The third-order valence-corrected chi connectivity index (χ3v) is 9.17. The van der Waals surface area contributed by atoms with E-state index in [1.165, 1.54) is 0 Å². The van der Waals surface area contributed by atoms with E-state index in [9.17, 15) is 8.42 Å². The zero-order valence-corrected chi connectivity index (χ0v) is 13.2. The number of alkyl halides is 1. The van der Waals surface area contributed by atoms with Crippen molar-refractivity contribution >= 4 is 29.9 Å².